The molecule has 8 nitrogen and oxygen atoms in total. The number of nitrogens with one attached hydrogen (secondary N) is 1. The van der Waals surface area contributed by atoms with E-state index in [1.807, 2.05) is 13.0 Å². The molecule has 0 spiro atoms. The molecule has 0 aliphatic carbocycles. The molecule has 50 heavy (non-hydrogen) atoms. The standard InChI is InChI=1S/C37H39ClF3N3O5S/c1-4-5-20-42-36(46)34(22-27-10-7-6-8-11-27)43(24-28-12-9-13-30(21-28)49-3)35(45)25-44(50(47,48)31-17-14-26(2)15-18-31)29-16-19-33(38)32(23-29)37(39,40)41/h6-19,21,23,34H,4-5,20,22,24-25H2,1-3H3,(H,42,46)/t34-/m0/s1. The molecule has 0 heterocycles. The first-order chi connectivity index (χ1) is 23.7. The Labute approximate surface area is 295 Å². The van der Waals surface area contributed by atoms with Crippen molar-refractivity contribution in [2.24, 2.45) is 0 Å². The maximum atomic E-state index is 14.6. The third-order valence-electron chi connectivity index (χ3n) is 8.02. The molecule has 13 heteroatoms. The Bertz CT molecular complexity index is 1870. The number of aryl methyl sites for hydroxylation is 1. The largest absolute Gasteiger partial charge is 0.497 e. The summed E-state index contributed by atoms with van der Waals surface area (Å²) in [6.07, 6.45) is -3.33. The number of rotatable bonds is 15. The van der Waals surface area contributed by atoms with Crippen LogP contribution in [-0.2, 0) is 38.8 Å². The number of halogens is 4. The number of hydrogen-bond acceptors (Lipinski definition) is 5. The molecule has 0 unspecified atom stereocenters. The summed E-state index contributed by atoms with van der Waals surface area (Å²) in [5, 5.41) is 2.26. The number of benzene rings is 4. The molecule has 0 aliphatic heterocycles. The van der Waals surface area contributed by atoms with Crippen molar-refractivity contribution in [3.63, 3.8) is 0 Å². The van der Waals surface area contributed by atoms with Gasteiger partial charge >= 0.3 is 6.18 Å². The highest BCUT2D eigenvalue weighted by Gasteiger charge is 2.37. The van der Waals surface area contributed by atoms with E-state index in [9.17, 15) is 31.2 Å². The molecular weight excluding hydrogens is 691 g/mol. The molecule has 266 valence electrons. The number of amides is 2. The zero-order chi connectivity index (χ0) is 36.5. The molecule has 4 aromatic rings. The van der Waals surface area contributed by atoms with Crippen LogP contribution in [0, 0.1) is 6.92 Å². The lowest BCUT2D eigenvalue weighted by Crippen LogP contribution is -2.53. The maximum Gasteiger partial charge on any atom is 0.417 e. The summed E-state index contributed by atoms with van der Waals surface area (Å²) in [4.78, 5) is 29.5. The quantitative estimate of drug-likeness (QED) is 0.129. The predicted molar refractivity (Wildman–Crippen MR) is 188 cm³/mol. The molecule has 0 aliphatic rings. The number of sulfonamides is 1. The SMILES string of the molecule is CCCCNC(=O)[C@H](Cc1ccccc1)N(Cc1cccc(OC)c1)C(=O)CN(c1ccc(Cl)c(C(F)(F)F)c1)S(=O)(=O)c1ccc(C)cc1. The number of alkyl halides is 3. The highest BCUT2D eigenvalue weighted by molar-refractivity contribution is 7.92. The number of carbonyl (C=O) groups excluding carboxylic acids is 2. The van der Waals surface area contributed by atoms with E-state index in [-0.39, 0.29) is 17.9 Å². The molecule has 4 aromatic carbocycles. The smallest absolute Gasteiger partial charge is 0.417 e. The zero-order valence-electron chi connectivity index (χ0n) is 27.9. The first-order valence-electron chi connectivity index (χ1n) is 15.9. The number of unbranched alkanes of at least 4 members (excludes halogenated alkanes) is 1. The number of carbonyl (C=O) groups is 2. The topological polar surface area (TPSA) is 96.0 Å². The van der Waals surface area contributed by atoms with Crippen LogP contribution in [0.2, 0.25) is 5.02 Å². The Balaban J connectivity index is 1.86. The van der Waals surface area contributed by atoms with Crippen molar-refractivity contribution in [2.75, 3.05) is 24.5 Å². The normalized spacial score (nSPS) is 12.2. The number of nitrogens with zero attached hydrogens (tertiary/aromatic N) is 2. The van der Waals surface area contributed by atoms with Crippen molar-refractivity contribution >= 4 is 39.1 Å². The fraction of sp³-hybridized carbons (Fsp3) is 0.297. The molecule has 0 aromatic heterocycles. The molecule has 4 rings (SSSR count). The van der Waals surface area contributed by atoms with E-state index in [1.165, 1.54) is 24.1 Å². The summed E-state index contributed by atoms with van der Waals surface area (Å²) in [6.45, 7) is 3.01. The third kappa shape index (κ3) is 9.79. The van der Waals surface area contributed by atoms with E-state index in [2.05, 4.69) is 5.32 Å². The zero-order valence-corrected chi connectivity index (χ0v) is 29.5. The summed E-state index contributed by atoms with van der Waals surface area (Å²) in [7, 11) is -3.14. The fourth-order valence-electron chi connectivity index (χ4n) is 5.28. The summed E-state index contributed by atoms with van der Waals surface area (Å²) in [5.74, 6) is -0.790. The van der Waals surface area contributed by atoms with Crippen molar-refractivity contribution in [1.82, 2.24) is 10.2 Å². The van der Waals surface area contributed by atoms with Crippen molar-refractivity contribution in [2.45, 2.75) is 56.8 Å². The van der Waals surface area contributed by atoms with E-state index < -0.39 is 56.9 Å². The van der Waals surface area contributed by atoms with Crippen molar-refractivity contribution in [1.29, 1.82) is 0 Å². The second-order valence-electron chi connectivity index (χ2n) is 11.7. The monoisotopic (exact) mass is 729 g/mol. The minimum absolute atomic E-state index is 0.0817. The van der Waals surface area contributed by atoms with E-state index >= 15 is 0 Å². The molecule has 1 atom stereocenters. The lowest BCUT2D eigenvalue weighted by atomic mass is 10.0. The number of methoxy groups -OCH3 is 1. The van der Waals surface area contributed by atoms with Crippen molar-refractivity contribution in [3.8, 4) is 5.75 Å². The summed E-state index contributed by atoms with van der Waals surface area (Å²) in [5.41, 5.74) is 0.376. The Kier molecular flexibility index (Phi) is 12.9. The van der Waals surface area contributed by atoms with Gasteiger partial charge in [-0.1, -0.05) is 85.1 Å². The van der Waals surface area contributed by atoms with E-state index in [4.69, 9.17) is 16.3 Å². The van der Waals surface area contributed by atoms with E-state index in [1.54, 1.807) is 67.6 Å². The van der Waals surface area contributed by atoms with Crippen LogP contribution in [0.15, 0.2) is 102 Å². The molecule has 1 N–H and O–H groups in total. The Hall–Kier alpha value is -4.55. The first-order valence-corrected chi connectivity index (χ1v) is 17.8. The van der Waals surface area contributed by atoms with Gasteiger partial charge in [-0.15, -0.1) is 0 Å². The van der Waals surface area contributed by atoms with Gasteiger partial charge in [0.05, 0.1) is 28.3 Å². The molecule has 0 saturated heterocycles. The summed E-state index contributed by atoms with van der Waals surface area (Å²) < 4.78 is 76.4. The van der Waals surface area contributed by atoms with Gasteiger partial charge in [0.25, 0.3) is 10.0 Å². The third-order valence-corrected chi connectivity index (χ3v) is 10.1. The predicted octanol–water partition coefficient (Wildman–Crippen LogP) is 7.43. The average Bonchev–Trinajstić information content (AvgIpc) is 3.09. The number of ether oxygens (including phenoxy) is 1. The van der Waals surface area contributed by atoms with Crippen LogP contribution < -0.4 is 14.4 Å². The van der Waals surface area contributed by atoms with Crippen LogP contribution in [0.4, 0.5) is 18.9 Å². The average molecular weight is 730 g/mol. The molecule has 0 radical (unpaired) electrons. The Morgan fingerprint density at radius 3 is 2.24 bits per heavy atom. The highest BCUT2D eigenvalue weighted by Crippen LogP contribution is 2.38. The van der Waals surface area contributed by atoms with Crippen LogP contribution in [-0.4, -0.2) is 51.4 Å². The second-order valence-corrected chi connectivity index (χ2v) is 14.0. The lowest BCUT2D eigenvalue weighted by Gasteiger charge is -2.34. The number of anilines is 1. The van der Waals surface area contributed by atoms with Crippen LogP contribution in [0.25, 0.3) is 0 Å². The van der Waals surface area contributed by atoms with Crippen LogP contribution in [0.5, 0.6) is 5.75 Å². The highest BCUT2D eigenvalue weighted by atomic mass is 35.5. The Morgan fingerprint density at radius 1 is 0.920 bits per heavy atom. The van der Waals surface area contributed by atoms with Crippen LogP contribution in [0.3, 0.4) is 0 Å². The van der Waals surface area contributed by atoms with E-state index in [0.29, 0.717) is 34.7 Å². The molecule has 2 amide bonds. The lowest BCUT2D eigenvalue weighted by molar-refractivity contribution is -0.140. The van der Waals surface area contributed by atoms with Gasteiger partial charge in [-0.2, -0.15) is 13.2 Å². The minimum atomic E-state index is -4.91. The molecule has 0 saturated carbocycles. The van der Waals surface area contributed by atoms with Gasteiger partial charge in [0.15, 0.2) is 0 Å². The van der Waals surface area contributed by atoms with Crippen LogP contribution in [0.1, 0.15) is 42.0 Å². The fourth-order valence-corrected chi connectivity index (χ4v) is 6.91. The minimum Gasteiger partial charge on any atom is -0.497 e. The maximum absolute atomic E-state index is 14.6. The van der Waals surface area contributed by atoms with Crippen LogP contribution >= 0.6 is 11.6 Å². The molecule has 0 fully saturated rings. The second kappa shape index (κ2) is 16.9. The van der Waals surface area contributed by atoms with Crippen molar-refractivity contribution < 1.29 is 35.9 Å². The van der Waals surface area contributed by atoms with Gasteiger partial charge < -0.3 is 15.0 Å². The van der Waals surface area contributed by atoms with Gasteiger partial charge in [-0.25, -0.2) is 8.42 Å². The van der Waals surface area contributed by atoms with Gasteiger partial charge in [-0.3, -0.25) is 13.9 Å². The van der Waals surface area contributed by atoms with Gasteiger partial charge in [0.1, 0.15) is 18.3 Å². The number of hydrogen-bond donors (Lipinski definition) is 1. The molecular formula is C37H39ClF3N3O5S. The van der Waals surface area contributed by atoms with Crippen molar-refractivity contribution in [3.05, 3.63) is 124 Å². The summed E-state index contributed by atoms with van der Waals surface area (Å²) >= 11 is 5.89. The summed E-state index contributed by atoms with van der Waals surface area (Å²) in [6, 6.07) is 23.1. The molecule has 0 bridgehead atoms. The van der Waals surface area contributed by atoms with Gasteiger partial charge in [0, 0.05) is 19.5 Å². The first kappa shape index (κ1) is 38.3. The Morgan fingerprint density at radius 2 is 1.60 bits per heavy atom. The van der Waals surface area contributed by atoms with E-state index in [0.717, 1.165) is 29.7 Å². The van der Waals surface area contributed by atoms with Gasteiger partial charge in [0.2, 0.25) is 11.8 Å². The van der Waals surface area contributed by atoms with Gasteiger partial charge in [-0.05, 0) is 66.9 Å².